The number of ether oxygens (including phenoxy) is 1. The van der Waals surface area contributed by atoms with Crippen LogP contribution >= 0.6 is 27.3 Å². The van der Waals surface area contributed by atoms with Crippen molar-refractivity contribution in [3.05, 3.63) is 20.3 Å². The monoisotopic (exact) mass is 357 g/mol. The molecule has 0 spiro atoms. The van der Waals surface area contributed by atoms with Gasteiger partial charge in [-0.3, -0.25) is 0 Å². The highest BCUT2D eigenvalue weighted by Gasteiger charge is 2.22. The number of fused-ring (bicyclic) bond motifs is 1. The van der Waals surface area contributed by atoms with Gasteiger partial charge in [0.2, 0.25) is 0 Å². The fourth-order valence-corrected chi connectivity index (χ4v) is 5.24. The van der Waals surface area contributed by atoms with E-state index in [0.29, 0.717) is 12.1 Å². The number of nitrogens with one attached hydrogen (secondary N) is 1. The van der Waals surface area contributed by atoms with Gasteiger partial charge in [0.05, 0.1) is 16.5 Å². The molecule has 1 unspecified atom stereocenters. The third-order valence-electron chi connectivity index (χ3n) is 4.48. The standard InChI is InChI=1S/C16H24BrNOS/c17-16-11-13-14(7-4-8-15(13)20-16)18-9-10-19-12-5-2-1-3-6-12/h11-12,14,18H,1-10H2. The van der Waals surface area contributed by atoms with E-state index >= 15 is 0 Å². The smallest absolute Gasteiger partial charge is 0.0704 e. The third kappa shape index (κ3) is 3.85. The molecule has 4 heteroatoms. The molecule has 112 valence electrons. The first kappa shape index (κ1) is 15.0. The summed E-state index contributed by atoms with van der Waals surface area (Å²) in [6.07, 6.45) is 11.0. The Balaban J connectivity index is 1.42. The van der Waals surface area contributed by atoms with Crippen molar-refractivity contribution in [1.82, 2.24) is 5.32 Å². The van der Waals surface area contributed by atoms with Crippen molar-refractivity contribution >= 4 is 27.3 Å². The third-order valence-corrected chi connectivity index (χ3v) is 6.20. The largest absolute Gasteiger partial charge is 0.377 e. The zero-order valence-corrected chi connectivity index (χ0v) is 14.4. The van der Waals surface area contributed by atoms with Crippen molar-refractivity contribution in [2.24, 2.45) is 0 Å². The molecule has 2 aliphatic carbocycles. The van der Waals surface area contributed by atoms with Crippen molar-refractivity contribution in [3.63, 3.8) is 0 Å². The van der Waals surface area contributed by atoms with Crippen molar-refractivity contribution < 1.29 is 4.74 Å². The van der Waals surface area contributed by atoms with Gasteiger partial charge in [-0.15, -0.1) is 11.3 Å². The number of halogens is 1. The highest BCUT2D eigenvalue weighted by molar-refractivity contribution is 9.11. The summed E-state index contributed by atoms with van der Waals surface area (Å²) >= 11 is 5.52. The molecule has 2 nitrogen and oxygen atoms in total. The van der Waals surface area contributed by atoms with Crippen LogP contribution in [0.15, 0.2) is 9.85 Å². The molecule has 0 radical (unpaired) electrons. The summed E-state index contributed by atoms with van der Waals surface area (Å²) in [6, 6.07) is 2.84. The number of hydrogen-bond acceptors (Lipinski definition) is 3. The predicted octanol–water partition coefficient (Wildman–Crippen LogP) is 4.83. The van der Waals surface area contributed by atoms with Crippen LogP contribution in [0.4, 0.5) is 0 Å². The molecule has 3 rings (SSSR count). The maximum absolute atomic E-state index is 6.00. The van der Waals surface area contributed by atoms with Gasteiger partial charge in [0.25, 0.3) is 0 Å². The lowest BCUT2D eigenvalue weighted by Gasteiger charge is -2.25. The minimum absolute atomic E-state index is 0.530. The molecule has 20 heavy (non-hydrogen) atoms. The van der Waals surface area contributed by atoms with Gasteiger partial charge in [-0.1, -0.05) is 19.3 Å². The molecule has 1 saturated carbocycles. The second-order valence-corrected chi connectivity index (χ2v) is 8.47. The van der Waals surface area contributed by atoms with Crippen molar-refractivity contribution in [3.8, 4) is 0 Å². The van der Waals surface area contributed by atoms with Crippen LogP contribution in [-0.4, -0.2) is 19.3 Å². The fraction of sp³-hybridized carbons (Fsp3) is 0.750. The Labute approximate surface area is 134 Å². The Kier molecular flexibility index (Phi) is 5.55. The number of rotatable bonds is 5. The zero-order valence-electron chi connectivity index (χ0n) is 12.0. The lowest BCUT2D eigenvalue weighted by Crippen LogP contribution is -2.29. The molecule has 0 amide bonds. The van der Waals surface area contributed by atoms with Gasteiger partial charge >= 0.3 is 0 Å². The van der Waals surface area contributed by atoms with E-state index in [2.05, 4.69) is 27.3 Å². The summed E-state index contributed by atoms with van der Waals surface area (Å²) in [5, 5.41) is 3.69. The van der Waals surface area contributed by atoms with Gasteiger partial charge < -0.3 is 10.1 Å². The molecule has 0 aliphatic heterocycles. The molecule has 0 aromatic carbocycles. The summed E-state index contributed by atoms with van der Waals surface area (Å²) in [6.45, 7) is 1.84. The number of thiophene rings is 1. The fourth-order valence-electron chi connectivity index (χ4n) is 3.42. The van der Waals surface area contributed by atoms with Crippen molar-refractivity contribution in [1.29, 1.82) is 0 Å². The summed E-state index contributed by atoms with van der Waals surface area (Å²) in [5.74, 6) is 0. The molecule has 1 aromatic rings. The van der Waals surface area contributed by atoms with E-state index in [1.807, 2.05) is 11.3 Å². The first-order valence-electron chi connectivity index (χ1n) is 7.96. The molecule has 1 aromatic heterocycles. The van der Waals surface area contributed by atoms with Crippen molar-refractivity contribution in [2.45, 2.75) is 63.5 Å². The lowest BCUT2D eigenvalue weighted by molar-refractivity contribution is 0.0292. The Hall–Kier alpha value is 0.1000. The number of aryl methyl sites for hydroxylation is 1. The normalized spacial score (nSPS) is 23.8. The number of hydrogen-bond donors (Lipinski definition) is 1. The summed E-state index contributed by atoms with van der Waals surface area (Å²) in [5.41, 5.74) is 1.52. The van der Waals surface area contributed by atoms with Gasteiger partial charge in [-0.2, -0.15) is 0 Å². The summed E-state index contributed by atoms with van der Waals surface area (Å²) < 4.78 is 7.27. The second-order valence-electron chi connectivity index (χ2n) is 5.96. The Morgan fingerprint density at radius 2 is 2.05 bits per heavy atom. The predicted molar refractivity (Wildman–Crippen MR) is 88.5 cm³/mol. The van der Waals surface area contributed by atoms with Crippen LogP contribution < -0.4 is 5.32 Å². The highest BCUT2D eigenvalue weighted by atomic mass is 79.9. The topological polar surface area (TPSA) is 21.3 Å². The van der Waals surface area contributed by atoms with Crippen LogP contribution in [0.5, 0.6) is 0 Å². The van der Waals surface area contributed by atoms with Gasteiger partial charge in [0, 0.05) is 17.5 Å². The molecule has 1 heterocycles. The van der Waals surface area contributed by atoms with Crippen molar-refractivity contribution in [2.75, 3.05) is 13.2 Å². The van der Waals surface area contributed by atoms with E-state index in [9.17, 15) is 0 Å². The van der Waals surface area contributed by atoms with E-state index in [4.69, 9.17) is 4.74 Å². The Morgan fingerprint density at radius 1 is 1.20 bits per heavy atom. The van der Waals surface area contributed by atoms with Gasteiger partial charge in [0.1, 0.15) is 0 Å². The first-order chi connectivity index (χ1) is 9.83. The minimum Gasteiger partial charge on any atom is -0.377 e. The van der Waals surface area contributed by atoms with Crippen LogP contribution in [0.3, 0.4) is 0 Å². The van der Waals surface area contributed by atoms with E-state index in [1.165, 1.54) is 60.7 Å². The van der Waals surface area contributed by atoms with Crippen LogP contribution in [0.2, 0.25) is 0 Å². The van der Waals surface area contributed by atoms with Crippen LogP contribution in [0.1, 0.15) is 61.4 Å². The van der Waals surface area contributed by atoms with E-state index in [-0.39, 0.29) is 0 Å². The Bertz CT molecular complexity index is 428. The second kappa shape index (κ2) is 7.39. The minimum atomic E-state index is 0.530. The SMILES string of the molecule is Brc1cc2c(s1)CCCC2NCCOC1CCCCC1. The van der Waals surface area contributed by atoms with Crippen LogP contribution in [0.25, 0.3) is 0 Å². The maximum Gasteiger partial charge on any atom is 0.0704 e. The average Bonchev–Trinajstić information content (AvgIpc) is 2.86. The molecular formula is C16H24BrNOS. The van der Waals surface area contributed by atoms with Crippen LogP contribution in [0, 0.1) is 0 Å². The van der Waals surface area contributed by atoms with Gasteiger partial charge in [0.15, 0.2) is 0 Å². The molecule has 1 fully saturated rings. The average molecular weight is 358 g/mol. The van der Waals surface area contributed by atoms with E-state index < -0.39 is 0 Å². The Morgan fingerprint density at radius 3 is 2.90 bits per heavy atom. The quantitative estimate of drug-likeness (QED) is 0.762. The molecule has 1 atom stereocenters. The lowest BCUT2D eigenvalue weighted by atomic mass is 9.94. The summed E-state index contributed by atoms with van der Waals surface area (Å²) in [7, 11) is 0. The first-order valence-corrected chi connectivity index (χ1v) is 9.57. The summed E-state index contributed by atoms with van der Waals surface area (Å²) in [4.78, 5) is 1.56. The van der Waals surface area contributed by atoms with Gasteiger partial charge in [-0.25, -0.2) is 0 Å². The molecular weight excluding hydrogens is 334 g/mol. The van der Waals surface area contributed by atoms with E-state index in [1.54, 1.807) is 4.88 Å². The molecule has 1 N–H and O–H groups in total. The van der Waals surface area contributed by atoms with Gasteiger partial charge in [-0.05, 0) is 59.7 Å². The zero-order chi connectivity index (χ0) is 13.8. The molecule has 2 aliphatic rings. The highest BCUT2D eigenvalue weighted by Crippen LogP contribution is 2.37. The van der Waals surface area contributed by atoms with Crippen LogP contribution in [-0.2, 0) is 11.2 Å². The molecule has 0 saturated heterocycles. The van der Waals surface area contributed by atoms with E-state index in [0.717, 1.165) is 13.2 Å². The molecule has 0 bridgehead atoms. The maximum atomic E-state index is 6.00.